The maximum atomic E-state index is 14.6. The number of H-pyrrole nitrogens is 1. The fourth-order valence-corrected chi connectivity index (χ4v) is 4.06. The van der Waals surface area contributed by atoms with E-state index in [0.717, 1.165) is 11.6 Å². The molecule has 0 spiro atoms. The third-order valence-electron chi connectivity index (χ3n) is 5.76. The monoisotopic (exact) mass is 498 g/mol. The lowest BCUT2D eigenvalue weighted by molar-refractivity contribution is -0.119. The van der Waals surface area contributed by atoms with Crippen LogP contribution in [0.5, 0.6) is 11.5 Å². The number of nitrogens with zero attached hydrogens (tertiary/aromatic N) is 1. The van der Waals surface area contributed by atoms with Gasteiger partial charge in [0.1, 0.15) is 11.1 Å². The average Bonchev–Trinajstić information content (AvgIpc) is 3.30. The van der Waals surface area contributed by atoms with Crippen molar-refractivity contribution in [3.63, 3.8) is 0 Å². The average molecular weight is 499 g/mol. The van der Waals surface area contributed by atoms with Crippen molar-refractivity contribution >= 4 is 22.7 Å². The summed E-state index contributed by atoms with van der Waals surface area (Å²) in [7, 11) is 1.55. The number of hydrogen-bond donors (Lipinski definition) is 3. The van der Waals surface area contributed by atoms with Gasteiger partial charge in [-0.05, 0) is 36.2 Å². The molecule has 2 aromatic carbocycles. The Hall–Kier alpha value is -3.99. The summed E-state index contributed by atoms with van der Waals surface area (Å²) in [5, 5.41) is 5.41. The zero-order chi connectivity index (χ0) is 25.7. The number of amides is 2. The molecule has 190 valence electrons. The first kappa shape index (κ1) is 25.1. The van der Waals surface area contributed by atoms with Crippen LogP contribution in [0.2, 0.25) is 0 Å². The van der Waals surface area contributed by atoms with Crippen LogP contribution in [0.1, 0.15) is 35.9 Å². The maximum absolute atomic E-state index is 14.6. The summed E-state index contributed by atoms with van der Waals surface area (Å²) in [6.07, 6.45) is 0.912. The van der Waals surface area contributed by atoms with Crippen molar-refractivity contribution in [3.05, 3.63) is 64.0 Å². The molecule has 2 heterocycles. The van der Waals surface area contributed by atoms with E-state index in [-0.39, 0.29) is 53.7 Å². The fourth-order valence-electron chi connectivity index (χ4n) is 4.06. The Labute approximate surface area is 206 Å². The lowest BCUT2D eigenvalue weighted by Gasteiger charge is -2.13. The zero-order valence-corrected chi connectivity index (χ0v) is 19.9. The summed E-state index contributed by atoms with van der Waals surface area (Å²) in [6, 6.07) is 9.58. The predicted molar refractivity (Wildman–Crippen MR) is 129 cm³/mol. The van der Waals surface area contributed by atoms with Crippen molar-refractivity contribution in [2.24, 2.45) is 0 Å². The van der Waals surface area contributed by atoms with E-state index in [1.165, 1.54) is 13.0 Å². The minimum absolute atomic E-state index is 0.0673. The van der Waals surface area contributed by atoms with Gasteiger partial charge in [-0.1, -0.05) is 12.1 Å². The quantitative estimate of drug-likeness (QED) is 0.412. The van der Waals surface area contributed by atoms with Crippen molar-refractivity contribution in [2.75, 3.05) is 20.3 Å². The molecule has 1 fully saturated rings. The van der Waals surface area contributed by atoms with Gasteiger partial charge in [0, 0.05) is 19.9 Å². The lowest BCUT2D eigenvalue weighted by atomic mass is 10.1. The third-order valence-corrected chi connectivity index (χ3v) is 5.76. The number of benzene rings is 2. The number of fused-ring (bicyclic) bond motifs is 1. The first-order valence-electron chi connectivity index (χ1n) is 11.5. The molecule has 1 saturated heterocycles. The van der Waals surface area contributed by atoms with Crippen LogP contribution in [0.4, 0.5) is 4.39 Å². The smallest absolute Gasteiger partial charge is 0.287 e. The van der Waals surface area contributed by atoms with Crippen molar-refractivity contribution in [1.82, 2.24) is 20.6 Å². The molecule has 3 N–H and O–H groups in total. The highest BCUT2D eigenvalue weighted by Crippen LogP contribution is 2.26. The van der Waals surface area contributed by atoms with Gasteiger partial charge in [0.05, 0.1) is 38.0 Å². The van der Waals surface area contributed by atoms with E-state index in [9.17, 15) is 18.8 Å². The van der Waals surface area contributed by atoms with Gasteiger partial charge in [-0.3, -0.25) is 14.4 Å². The van der Waals surface area contributed by atoms with Crippen LogP contribution in [0.25, 0.3) is 10.9 Å². The number of carbonyl (C=O) groups is 2. The second kappa shape index (κ2) is 11.2. The number of carbonyl (C=O) groups excluding carboxylic acids is 2. The Bertz CT molecular complexity index is 1330. The highest BCUT2D eigenvalue weighted by Gasteiger charge is 2.26. The Morgan fingerprint density at radius 1 is 1.28 bits per heavy atom. The topological polar surface area (TPSA) is 132 Å². The molecule has 2 atom stereocenters. The standard InChI is InChI=1S/C25H27FN4O6/c1-14(31)28-16-11-18(36-13-16)8-9-35-22-19(26)6-7-20-21(22)24(32)30-23(29-20)25(33)27-12-15-4-3-5-17(10-15)34-2/h3-7,10,16,18H,8-9,11-13H2,1-2H3,(H,27,33)(H,28,31)(H,29,30,32). The Morgan fingerprint density at radius 3 is 2.89 bits per heavy atom. The molecule has 1 aliphatic heterocycles. The number of halogens is 1. The molecule has 1 aliphatic rings. The van der Waals surface area contributed by atoms with Crippen molar-refractivity contribution in [1.29, 1.82) is 0 Å². The van der Waals surface area contributed by atoms with Crippen LogP contribution in [-0.4, -0.2) is 54.3 Å². The van der Waals surface area contributed by atoms with Gasteiger partial charge < -0.3 is 29.8 Å². The second-order valence-corrected chi connectivity index (χ2v) is 8.45. The molecule has 36 heavy (non-hydrogen) atoms. The van der Waals surface area contributed by atoms with E-state index in [0.29, 0.717) is 25.2 Å². The summed E-state index contributed by atoms with van der Waals surface area (Å²) in [6.45, 7) is 2.14. The predicted octanol–water partition coefficient (Wildman–Crippen LogP) is 2.06. The van der Waals surface area contributed by atoms with Crippen LogP contribution < -0.4 is 25.7 Å². The minimum Gasteiger partial charge on any atom is -0.497 e. The number of aromatic amines is 1. The van der Waals surface area contributed by atoms with Crippen LogP contribution in [0, 0.1) is 5.82 Å². The van der Waals surface area contributed by atoms with Gasteiger partial charge in [-0.25, -0.2) is 9.37 Å². The Balaban J connectivity index is 1.43. The number of nitrogens with one attached hydrogen (secondary N) is 3. The van der Waals surface area contributed by atoms with E-state index >= 15 is 0 Å². The van der Waals surface area contributed by atoms with Crippen molar-refractivity contribution in [2.45, 2.75) is 38.5 Å². The molecule has 0 aliphatic carbocycles. The molecule has 1 aromatic heterocycles. The number of aromatic nitrogens is 2. The Kier molecular flexibility index (Phi) is 7.79. The van der Waals surface area contributed by atoms with Gasteiger partial charge in [-0.2, -0.15) is 0 Å². The molecule has 10 nitrogen and oxygen atoms in total. The first-order chi connectivity index (χ1) is 17.3. The van der Waals surface area contributed by atoms with Crippen LogP contribution in [0.15, 0.2) is 41.2 Å². The van der Waals surface area contributed by atoms with E-state index < -0.39 is 17.3 Å². The van der Waals surface area contributed by atoms with E-state index in [2.05, 4.69) is 20.6 Å². The molecule has 4 rings (SSSR count). The molecule has 2 amide bonds. The van der Waals surface area contributed by atoms with Crippen molar-refractivity contribution in [3.8, 4) is 11.5 Å². The van der Waals surface area contributed by atoms with Crippen LogP contribution in [0.3, 0.4) is 0 Å². The fraction of sp³-hybridized carbons (Fsp3) is 0.360. The van der Waals surface area contributed by atoms with Crippen LogP contribution >= 0.6 is 0 Å². The zero-order valence-electron chi connectivity index (χ0n) is 19.9. The summed E-state index contributed by atoms with van der Waals surface area (Å²) in [5.41, 5.74) is 0.242. The summed E-state index contributed by atoms with van der Waals surface area (Å²) < 4.78 is 31.0. The third kappa shape index (κ3) is 5.98. The highest BCUT2D eigenvalue weighted by molar-refractivity contribution is 5.93. The summed E-state index contributed by atoms with van der Waals surface area (Å²) in [5.74, 6) is -1.21. The number of hydrogen-bond acceptors (Lipinski definition) is 7. The van der Waals surface area contributed by atoms with Gasteiger partial charge >= 0.3 is 0 Å². The molecule has 2 unspecified atom stereocenters. The number of rotatable bonds is 9. The SMILES string of the molecule is COc1cccc(CNC(=O)c2nc3ccc(F)c(OCCC4CC(NC(C)=O)CO4)c3c(=O)[nH]2)c1. The van der Waals surface area contributed by atoms with Gasteiger partial charge in [-0.15, -0.1) is 0 Å². The normalized spacial score (nSPS) is 17.1. The molecule has 3 aromatic rings. The molecule has 11 heteroatoms. The summed E-state index contributed by atoms with van der Waals surface area (Å²) in [4.78, 5) is 43.2. The number of ether oxygens (including phenoxy) is 3. The highest BCUT2D eigenvalue weighted by atomic mass is 19.1. The second-order valence-electron chi connectivity index (χ2n) is 8.45. The van der Waals surface area contributed by atoms with E-state index in [1.54, 1.807) is 25.3 Å². The summed E-state index contributed by atoms with van der Waals surface area (Å²) >= 11 is 0. The Morgan fingerprint density at radius 2 is 2.11 bits per heavy atom. The maximum Gasteiger partial charge on any atom is 0.287 e. The van der Waals surface area contributed by atoms with E-state index in [1.807, 2.05) is 6.07 Å². The van der Waals surface area contributed by atoms with Crippen LogP contribution in [-0.2, 0) is 16.1 Å². The van der Waals surface area contributed by atoms with Gasteiger partial charge in [0.25, 0.3) is 11.5 Å². The van der Waals surface area contributed by atoms with Gasteiger partial charge in [0.15, 0.2) is 17.4 Å². The van der Waals surface area contributed by atoms with E-state index in [4.69, 9.17) is 14.2 Å². The molecule has 0 saturated carbocycles. The molecule has 0 bridgehead atoms. The molecular weight excluding hydrogens is 471 g/mol. The van der Waals surface area contributed by atoms with Crippen molar-refractivity contribution < 1.29 is 28.2 Å². The minimum atomic E-state index is -0.714. The largest absolute Gasteiger partial charge is 0.497 e. The van der Waals surface area contributed by atoms with Gasteiger partial charge in [0.2, 0.25) is 5.91 Å². The lowest BCUT2D eigenvalue weighted by Crippen LogP contribution is -2.33. The molecule has 0 radical (unpaired) electrons. The molecular formula is C25H27FN4O6. The first-order valence-corrected chi connectivity index (χ1v) is 11.5. The number of methoxy groups -OCH3 is 1.